The molecule has 5 heteroatoms. The van der Waals surface area contributed by atoms with Gasteiger partial charge in [-0.05, 0) is 18.9 Å². The number of nitrogens with one attached hydrogen (secondary N) is 1. The van der Waals surface area contributed by atoms with Crippen LogP contribution < -0.4 is 11.1 Å². The molecule has 0 bridgehead atoms. The average Bonchev–Trinajstić information content (AvgIpc) is 2.81. The van der Waals surface area contributed by atoms with Crippen LogP contribution in [-0.4, -0.2) is 17.4 Å². The van der Waals surface area contributed by atoms with Gasteiger partial charge in [-0.25, -0.2) is 4.98 Å². The number of hydrogen-bond donors (Lipinski definition) is 2. The van der Waals surface area contributed by atoms with Crippen molar-refractivity contribution in [3.63, 3.8) is 0 Å². The maximum absolute atomic E-state index is 11.5. The molecule has 1 aromatic rings. The van der Waals surface area contributed by atoms with Crippen molar-refractivity contribution in [1.29, 1.82) is 0 Å². The molecule has 1 heterocycles. The molecule has 0 fully saturated rings. The Balaban J connectivity index is 2.23. The van der Waals surface area contributed by atoms with Gasteiger partial charge in [0.1, 0.15) is 5.76 Å². The molecule has 0 spiro atoms. The van der Waals surface area contributed by atoms with E-state index in [1.54, 1.807) is 6.20 Å². The highest BCUT2D eigenvalue weighted by Crippen LogP contribution is 2.05. The minimum atomic E-state index is 0.0153. The van der Waals surface area contributed by atoms with E-state index in [0.717, 1.165) is 18.6 Å². The minimum absolute atomic E-state index is 0.0153. The molecule has 1 amide bonds. The Morgan fingerprint density at radius 3 is 3.00 bits per heavy atom. The van der Waals surface area contributed by atoms with Crippen LogP contribution in [0.3, 0.4) is 0 Å². The van der Waals surface area contributed by atoms with Gasteiger partial charge in [-0.15, -0.1) is 0 Å². The van der Waals surface area contributed by atoms with E-state index in [0.29, 0.717) is 31.3 Å². The van der Waals surface area contributed by atoms with Crippen molar-refractivity contribution in [2.75, 3.05) is 6.54 Å². The predicted octanol–water partition coefficient (Wildman–Crippen LogP) is 1.23. The maximum Gasteiger partial charge on any atom is 0.220 e. The third-order valence-electron chi connectivity index (χ3n) is 2.65. The fourth-order valence-corrected chi connectivity index (χ4v) is 1.35. The molecule has 0 saturated heterocycles. The van der Waals surface area contributed by atoms with Gasteiger partial charge >= 0.3 is 0 Å². The summed E-state index contributed by atoms with van der Waals surface area (Å²) in [6.45, 7) is 5.01. The van der Waals surface area contributed by atoms with Gasteiger partial charge in [-0.1, -0.05) is 13.8 Å². The summed E-state index contributed by atoms with van der Waals surface area (Å²) in [6.07, 6.45) is 3.82. The molecule has 0 saturated carbocycles. The Labute approximate surface area is 102 Å². The number of aryl methyl sites for hydroxylation is 1. The molecule has 1 aromatic heterocycles. The van der Waals surface area contributed by atoms with E-state index in [1.165, 1.54) is 0 Å². The molecule has 0 aliphatic carbocycles. The molecule has 3 N–H and O–H groups in total. The van der Waals surface area contributed by atoms with Crippen LogP contribution in [0, 0.1) is 5.92 Å². The predicted molar refractivity (Wildman–Crippen MR) is 65.2 cm³/mol. The summed E-state index contributed by atoms with van der Waals surface area (Å²) >= 11 is 0. The molecule has 0 aromatic carbocycles. The summed E-state index contributed by atoms with van der Waals surface area (Å²) in [5.41, 5.74) is 5.48. The first-order valence-corrected chi connectivity index (χ1v) is 6.06. The first-order valence-electron chi connectivity index (χ1n) is 6.06. The van der Waals surface area contributed by atoms with Crippen LogP contribution >= 0.6 is 0 Å². The normalized spacial score (nSPS) is 12.4. The Kier molecular flexibility index (Phi) is 5.69. The van der Waals surface area contributed by atoms with Gasteiger partial charge in [0.2, 0.25) is 11.8 Å². The molecule has 0 aliphatic heterocycles. The molecule has 5 nitrogen and oxygen atoms in total. The van der Waals surface area contributed by atoms with Crippen molar-refractivity contribution >= 4 is 5.91 Å². The highest BCUT2D eigenvalue weighted by Gasteiger charge is 2.07. The second-order valence-electron chi connectivity index (χ2n) is 4.23. The lowest BCUT2D eigenvalue weighted by molar-refractivity contribution is -0.121. The molecule has 0 radical (unpaired) electrons. The highest BCUT2D eigenvalue weighted by atomic mass is 16.4. The largest absolute Gasteiger partial charge is 0.444 e. The fraction of sp³-hybridized carbons (Fsp3) is 0.667. The first kappa shape index (κ1) is 13.7. The number of hydrogen-bond acceptors (Lipinski definition) is 4. The van der Waals surface area contributed by atoms with E-state index in [4.69, 9.17) is 10.2 Å². The van der Waals surface area contributed by atoms with Crippen molar-refractivity contribution in [2.45, 2.75) is 39.7 Å². The van der Waals surface area contributed by atoms with Crippen molar-refractivity contribution in [3.05, 3.63) is 17.8 Å². The second-order valence-corrected chi connectivity index (χ2v) is 4.23. The quantitative estimate of drug-likeness (QED) is 0.749. The van der Waals surface area contributed by atoms with Gasteiger partial charge < -0.3 is 15.5 Å². The van der Waals surface area contributed by atoms with Crippen LogP contribution in [0.15, 0.2) is 10.6 Å². The van der Waals surface area contributed by atoms with E-state index in [2.05, 4.69) is 10.3 Å². The maximum atomic E-state index is 11.5. The minimum Gasteiger partial charge on any atom is -0.444 e. The zero-order chi connectivity index (χ0) is 12.7. The Morgan fingerprint density at radius 1 is 1.65 bits per heavy atom. The van der Waals surface area contributed by atoms with Gasteiger partial charge in [-0.3, -0.25) is 4.79 Å². The lowest BCUT2D eigenvalue weighted by Gasteiger charge is -2.07. The summed E-state index contributed by atoms with van der Waals surface area (Å²) in [7, 11) is 0. The van der Waals surface area contributed by atoms with Gasteiger partial charge in [-0.2, -0.15) is 0 Å². The summed E-state index contributed by atoms with van der Waals surface area (Å²) in [5.74, 6) is 1.80. The Hall–Kier alpha value is -1.36. The van der Waals surface area contributed by atoms with Crippen molar-refractivity contribution in [2.24, 2.45) is 11.7 Å². The number of nitrogens with two attached hydrogens (primary N) is 1. The molecule has 1 unspecified atom stereocenters. The van der Waals surface area contributed by atoms with Gasteiger partial charge in [0.25, 0.3) is 0 Å². The lowest BCUT2D eigenvalue weighted by atomic mass is 10.1. The molecular formula is C12H21N3O2. The number of amides is 1. The molecule has 1 atom stereocenters. The second kappa shape index (κ2) is 7.06. The Morgan fingerprint density at radius 2 is 2.41 bits per heavy atom. The number of carbonyl (C=O) groups is 1. The number of aromatic nitrogens is 1. The fourth-order valence-electron chi connectivity index (χ4n) is 1.35. The van der Waals surface area contributed by atoms with Crippen LogP contribution in [0.25, 0.3) is 0 Å². The van der Waals surface area contributed by atoms with Crippen LogP contribution in [-0.2, 0) is 17.8 Å². The van der Waals surface area contributed by atoms with E-state index in [9.17, 15) is 4.79 Å². The van der Waals surface area contributed by atoms with Crippen molar-refractivity contribution in [3.8, 4) is 0 Å². The zero-order valence-electron chi connectivity index (χ0n) is 10.5. The third-order valence-corrected chi connectivity index (χ3v) is 2.65. The lowest BCUT2D eigenvalue weighted by Crippen LogP contribution is -2.24. The number of oxazole rings is 1. The molecule has 96 valence electrons. The number of carbonyl (C=O) groups excluding carboxylic acids is 1. The van der Waals surface area contributed by atoms with Gasteiger partial charge in [0, 0.05) is 12.8 Å². The summed E-state index contributed by atoms with van der Waals surface area (Å²) in [6, 6.07) is 0. The van der Waals surface area contributed by atoms with Crippen LogP contribution in [0.2, 0.25) is 0 Å². The summed E-state index contributed by atoms with van der Waals surface area (Å²) in [4.78, 5) is 15.6. The van der Waals surface area contributed by atoms with E-state index < -0.39 is 0 Å². The van der Waals surface area contributed by atoms with Crippen LogP contribution in [0.5, 0.6) is 0 Å². The van der Waals surface area contributed by atoms with Crippen molar-refractivity contribution in [1.82, 2.24) is 10.3 Å². The topological polar surface area (TPSA) is 81.2 Å². The number of rotatable bonds is 7. The average molecular weight is 239 g/mol. The molecule has 17 heavy (non-hydrogen) atoms. The SMILES string of the molecule is CCc1cnc(CNC(=O)CCC(C)CN)o1. The number of nitrogens with zero attached hydrogens (tertiary/aromatic N) is 1. The smallest absolute Gasteiger partial charge is 0.220 e. The molecule has 1 rings (SSSR count). The first-order chi connectivity index (χ1) is 8.15. The monoisotopic (exact) mass is 239 g/mol. The molecular weight excluding hydrogens is 218 g/mol. The summed E-state index contributed by atoms with van der Waals surface area (Å²) < 4.78 is 5.38. The summed E-state index contributed by atoms with van der Waals surface area (Å²) in [5, 5.41) is 2.78. The van der Waals surface area contributed by atoms with E-state index in [1.807, 2.05) is 13.8 Å². The van der Waals surface area contributed by atoms with E-state index in [-0.39, 0.29) is 5.91 Å². The van der Waals surface area contributed by atoms with Crippen LogP contribution in [0.4, 0.5) is 0 Å². The van der Waals surface area contributed by atoms with Crippen LogP contribution in [0.1, 0.15) is 38.3 Å². The highest BCUT2D eigenvalue weighted by molar-refractivity contribution is 5.75. The molecule has 0 aliphatic rings. The standard InChI is InChI=1S/C12H21N3O2/c1-3-10-7-15-12(17-10)8-14-11(16)5-4-9(2)6-13/h7,9H,3-6,8,13H2,1-2H3,(H,14,16). The third kappa shape index (κ3) is 4.99. The van der Waals surface area contributed by atoms with Crippen molar-refractivity contribution < 1.29 is 9.21 Å². The van der Waals surface area contributed by atoms with E-state index >= 15 is 0 Å². The Bertz CT molecular complexity index is 349. The van der Waals surface area contributed by atoms with Gasteiger partial charge in [0.15, 0.2) is 0 Å². The zero-order valence-corrected chi connectivity index (χ0v) is 10.5. The van der Waals surface area contributed by atoms with Gasteiger partial charge in [0.05, 0.1) is 12.7 Å².